The molecule has 1 aliphatic carbocycles. The van der Waals surface area contributed by atoms with Gasteiger partial charge in [-0.05, 0) is 0 Å². The van der Waals surface area contributed by atoms with Crippen LogP contribution in [-0.4, -0.2) is 31.3 Å². The first-order chi connectivity index (χ1) is 8.13. The van der Waals surface area contributed by atoms with Crippen LogP contribution in [0.5, 0.6) is 0 Å². The van der Waals surface area contributed by atoms with Crippen molar-refractivity contribution < 1.29 is 40.0 Å². The molecule has 0 aromatic rings. The molecule has 2 atom stereocenters. The summed E-state index contributed by atoms with van der Waals surface area (Å²) in [7, 11) is 0. The van der Waals surface area contributed by atoms with Crippen LogP contribution in [-0.2, 0) is 24.6 Å². The van der Waals surface area contributed by atoms with Gasteiger partial charge in [0.1, 0.15) is 0 Å². The molecule has 18 heavy (non-hydrogen) atoms. The van der Waals surface area contributed by atoms with E-state index in [1.165, 1.54) is 12.8 Å². The molecule has 8 nitrogen and oxygen atoms in total. The summed E-state index contributed by atoms with van der Waals surface area (Å²) in [4.78, 5) is 17.7. The average Bonchev–Trinajstić information content (AvgIpc) is 2.22. The van der Waals surface area contributed by atoms with E-state index in [0.717, 1.165) is 12.8 Å². The number of nitrogens with two attached hydrogens (primary N) is 2. The molecule has 0 unspecified atom stereocenters. The molecule has 9 heteroatoms. The van der Waals surface area contributed by atoms with Gasteiger partial charge in [0.25, 0.3) is 5.09 Å². The number of carboxylic acids is 1. The molecule has 0 saturated heterocycles. The minimum absolute atomic E-state index is 0.113. The van der Waals surface area contributed by atoms with Gasteiger partial charge >= 0.3 is 72.9 Å². The van der Waals surface area contributed by atoms with E-state index in [-0.39, 0.29) is 16.4 Å². The van der Waals surface area contributed by atoms with Crippen molar-refractivity contribution in [1.29, 1.82) is 0 Å². The van der Waals surface area contributed by atoms with E-state index in [4.69, 9.17) is 31.9 Å². The van der Waals surface area contributed by atoms with E-state index in [1.54, 1.807) is 6.92 Å². The standard InChI is InChI=1S/C6H13N2.C3H6O2.HNO3.Pt/c7-5-3-1-2-4-6(5)8;1-2-3(4)5;2-1(3)4;/h5H,1-4,7-8H2;2H2,1H3,(H,4,5);(H,2,3,4);/t5-;;;/m1.../s1. The number of hydrogen-bond acceptors (Lipinski definition) is 5. The Hall–Kier alpha value is -0.722. The number of aliphatic carboxylic acids is 1. The third-order valence-corrected chi connectivity index (χ3v) is 3.62. The largest absolute Gasteiger partial charge is 0.328 e. The van der Waals surface area contributed by atoms with Gasteiger partial charge in [0.05, 0.1) is 0 Å². The van der Waals surface area contributed by atoms with Gasteiger partial charge < -0.3 is 10.3 Å². The van der Waals surface area contributed by atoms with E-state index in [1.807, 2.05) is 0 Å². The van der Waals surface area contributed by atoms with E-state index >= 15 is 0 Å². The van der Waals surface area contributed by atoms with Crippen molar-refractivity contribution >= 4 is 5.97 Å². The Kier molecular flexibility index (Phi) is 11.1. The van der Waals surface area contributed by atoms with Crippen molar-refractivity contribution in [3.63, 3.8) is 0 Å². The van der Waals surface area contributed by atoms with Crippen molar-refractivity contribution in [3.05, 3.63) is 10.1 Å². The molecule has 0 aromatic heterocycles. The fraction of sp³-hybridized carbons (Fsp3) is 0.889. The van der Waals surface area contributed by atoms with E-state index in [0.29, 0.717) is 0 Å². The van der Waals surface area contributed by atoms with Gasteiger partial charge in [-0.25, -0.2) is 0 Å². The maximum atomic E-state index is 9.37. The zero-order chi connectivity index (χ0) is 14.8. The molecule has 6 N–H and O–H groups in total. The van der Waals surface area contributed by atoms with Crippen molar-refractivity contribution in [1.82, 2.24) is 0 Å². The van der Waals surface area contributed by atoms with E-state index in [9.17, 15) is 4.79 Å². The van der Waals surface area contributed by atoms with Crippen molar-refractivity contribution in [3.8, 4) is 0 Å². The molecule has 1 aliphatic rings. The second kappa shape index (κ2) is 10.2. The third-order valence-electron chi connectivity index (χ3n) is 2.21. The molecule has 0 radical (unpaired) electrons. The SMILES string of the molecule is CCC(=O)O.N[C@@H]1CCCC[C@]1(N)[Pt].O=[N+]([O-])O. The molecule has 111 valence electrons. The molecule has 0 spiro atoms. The number of carbonyl (C=O) groups is 1. The smallest absolute Gasteiger partial charge is 0.291 e. The summed E-state index contributed by atoms with van der Waals surface area (Å²) < 4.78 is -0.113. The van der Waals surface area contributed by atoms with Crippen LogP contribution < -0.4 is 11.5 Å². The summed E-state index contributed by atoms with van der Waals surface area (Å²) in [5, 5.41) is 21.4. The van der Waals surface area contributed by atoms with Gasteiger partial charge in [0, 0.05) is 6.42 Å². The fourth-order valence-corrected chi connectivity index (χ4v) is 1.90. The number of hydrogen-bond donors (Lipinski definition) is 4. The minimum atomic E-state index is -1.50. The molecule has 1 rings (SSSR count). The Bertz CT molecular complexity index is 259. The predicted octanol–water partition coefficient (Wildman–Crippen LogP) is 0.223. The first-order valence-corrected chi connectivity index (χ1v) is 6.52. The first-order valence-electron chi connectivity index (χ1n) is 5.38. The summed E-state index contributed by atoms with van der Waals surface area (Å²) in [5.74, 6) is -0.745. The van der Waals surface area contributed by atoms with Gasteiger partial charge in [-0.2, -0.15) is 0 Å². The third kappa shape index (κ3) is 13.3. The summed E-state index contributed by atoms with van der Waals surface area (Å²) in [5.41, 5.74) is 11.7. The van der Waals surface area contributed by atoms with Crippen LogP contribution in [0.25, 0.3) is 0 Å². The minimum Gasteiger partial charge on any atom is -0.328 e. The van der Waals surface area contributed by atoms with Crippen molar-refractivity contribution in [2.24, 2.45) is 11.5 Å². The summed E-state index contributed by atoms with van der Waals surface area (Å²) >= 11 is 2.25. The predicted molar refractivity (Wildman–Crippen MR) is 60.1 cm³/mol. The van der Waals surface area contributed by atoms with Crippen LogP contribution >= 0.6 is 0 Å². The van der Waals surface area contributed by atoms with Gasteiger partial charge in [-0.15, -0.1) is 10.1 Å². The Balaban J connectivity index is 0. The molecule has 0 heterocycles. The summed E-state index contributed by atoms with van der Waals surface area (Å²) in [6, 6.07) is 0.216. The average molecular weight is 445 g/mol. The van der Waals surface area contributed by atoms with Crippen LogP contribution in [0, 0.1) is 10.1 Å². The van der Waals surface area contributed by atoms with Crippen LogP contribution in [0.4, 0.5) is 0 Å². The van der Waals surface area contributed by atoms with Crippen LogP contribution in [0.1, 0.15) is 39.0 Å². The first kappa shape index (κ1) is 19.6. The molecule has 1 saturated carbocycles. The second-order valence-electron chi connectivity index (χ2n) is 3.71. The molecular weight excluding hydrogens is 425 g/mol. The van der Waals surface area contributed by atoms with E-state index < -0.39 is 11.1 Å². The van der Waals surface area contributed by atoms with Crippen LogP contribution in [0.3, 0.4) is 0 Å². The monoisotopic (exact) mass is 445 g/mol. The van der Waals surface area contributed by atoms with Crippen molar-refractivity contribution in [2.45, 2.75) is 49.0 Å². The molecular formula is C9H20N3O5Pt. The summed E-state index contributed by atoms with van der Waals surface area (Å²) in [6.45, 7) is 1.60. The number of carboxylic acid groups (broad SMARTS) is 1. The zero-order valence-electron chi connectivity index (χ0n) is 10.2. The van der Waals surface area contributed by atoms with Gasteiger partial charge in [0.15, 0.2) is 0 Å². The number of rotatable bonds is 1. The molecule has 0 aromatic carbocycles. The molecule has 0 bridgehead atoms. The Morgan fingerprint density at radius 2 is 2.00 bits per heavy atom. The van der Waals surface area contributed by atoms with Crippen LogP contribution in [0.2, 0.25) is 0 Å². The summed E-state index contributed by atoms with van der Waals surface area (Å²) in [6.07, 6.45) is 4.90. The topological polar surface area (TPSA) is 153 Å². The number of nitrogens with zero attached hydrogens (tertiary/aromatic N) is 1. The molecule has 0 amide bonds. The maximum Gasteiger partial charge on any atom is 0.291 e. The Labute approximate surface area is 117 Å². The normalized spacial score (nSPS) is 25.9. The Morgan fingerprint density at radius 3 is 2.17 bits per heavy atom. The maximum absolute atomic E-state index is 9.37. The van der Waals surface area contributed by atoms with Gasteiger partial charge in [0.2, 0.25) is 0 Å². The quantitative estimate of drug-likeness (QED) is 0.333. The van der Waals surface area contributed by atoms with Gasteiger partial charge in [-0.1, -0.05) is 6.92 Å². The van der Waals surface area contributed by atoms with Crippen molar-refractivity contribution in [2.75, 3.05) is 0 Å². The van der Waals surface area contributed by atoms with E-state index in [2.05, 4.69) is 19.8 Å². The zero-order valence-corrected chi connectivity index (χ0v) is 12.4. The molecule has 0 aliphatic heterocycles. The fourth-order valence-electron chi connectivity index (χ4n) is 1.17. The van der Waals surface area contributed by atoms with Crippen LogP contribution in [0.15, 0.2) is 0 Å². The second-order valence-corrected chi connectivity index (χ2v) is 5.82. The molecule has 1 fully saturated rings. The van der Waals surface area contributed by atoms with Gasteiger partial charge in [-0.3, -0.25) is 4.79 Å². The Morgan fingerprint density at radius 1 is 1.61 bits per heavy atom.